The summed E-state index contributed by atoms with van der Waals surface area (Å²) in [4.78, 5) is 12.8. The lowest BCUT2D eigenvalue weighted by molar-refractivity contribution is -0.604. The molecule has 3 rings (SSSR count). The third kappa shape index (κ3) is 5.45. The number of aromatic nitrogens is 1. The van der Waals surface area contributed by atoms with Gasteiger partial charge in [0.1, 0.15) is 23.0 Å². The number of benzene rings is 2. The van der Waals surface area contributed by atoms with Crippen molar-refractivity contribution in [1.29, 1.82) is 0 Å². The minimum atomic E-state index is -4.86. The Kier molecular flexibility index (Phi) is 6.52. The van der Waals surface area contributed by atoms with Crippen LogP contribution in [0.4, 0.5) is 23.2 Å². The second-order valence-corrected chi connectivity index (χ2v) is 6.84. The molecule has 0 spiro atoms. The Hall–Kier alpha value is -3.82. The monoisotopic (exact) mass is 450 g/mol. The Balaban J connectivity index is 1.95. The molecule has 0 saturated heterocycles. The second-order valence-electron chi connectivity index (χ2n) is 6.84. The van der Waals surface area contributed by atoms with Gasteiger partial charge in [0.25, 0.3) is 5.91 Å². The zero-order chi connectivity index (χ0) is 23.5. The lowest BCUT2D eigenvalue weighted by Gasteiger charge is -2.16. The minimum absolute atomic E-state index is 0.00816. The number of alkyl halides is 3. The molecule has 2 aromatic carbocycles. The molecule has 0 fully saturated rings. The number of methoxy groups -OCH3 is 1. The number of amides is 1. The fourth-order valence-corrected chi connectivity index (χ4v) is 3.11. The van der Waals surface area contributed by atoms with E-state index < -0.39 is 23.8 Å². The molecule has 0 unspecified atom stereocenters. The lowest BCUT2D eigenvalue weighted by Crippen LogP contribution is -2.26. The number of aryl methyl sites for hydroxylation is 1. The summed E-state index contributed by atoms with van der Waals surface area (Å²) in [6.45, 7) is 1.49. The normalized spacial score (nSPS) is 11.2. The van der Waals surface area contributed by atoms with Gasteiger partial charge >= 0.3 is 6.36 Å². The van der Waals surface area contributed by atoms with Crippen LogP contribution in [0.3, 0.4) is 0 Å². The fourth-order valence-electron chi connectivity index (χ4n) is 3.11. The molecule has 1 aromatic heterocycles. The van der Waals surface area contributed by atoms with Crippen LogP contribution in [0, 0.1) is 17.9 Å². The largest absolute Gasteiger partial charge is 0.619 e. The van der Waals surface area contributed by atoms with Crippen molar-refractivity contribution in [2.75, 3.05) is 12.4 Å². The van der Waals surface area contributed by atoms with Crippen LogP contribution in [0.25, 0.3) is 0 Å². The molecular weight excluding hydrogens is 432 g/mol. The molecule has 6 nitrogen and oxygen atoms in total. The Morgan fingerprint density at radius 3 is 2.53 bits per heavy atom. The maximum absolute atomic E-state index is 14.9. The summed E-state index contributed by atoms with van der Waals surface area (Å²) in [7, 11) is 1.27. The highest BCUT2D eigenvalue weighted by atomic mass is 19.4. The number of nitrogens with one attached hydrogen (secondary N) is 1. The van der Waals surface area contributed by atoms with Crippen LogP contribution in [-0.2, 0) is 6.42 Å². The first-order chi connectivity index (χ1) is 15.1. The van der Waals surface area contributed by atoms with Crippen molar-refractivity contribution in [2.45, 2.75) is 19.7 Å². The molecule has 3 aromatic rings. The molecule has 0 radical (unpaired) electrons. The van der Waals surface area contributed by atoms with Gasteiger partial charge < -0.3 is 20.0 Å². The molecule has 1 heterocycles. The Morgan fingerprint density at radius 1 is 1.16 bits per heavy atom. The molecule has 0 bridgehead atoms. The van der Waals surface area contributed by atoms with Crippen LogP contribution in [0.15, 0.2) is 54.9 Å². The van der Waals surface area contributed by atoms with E-state index in [1.807, 2.05) is 0 Å². The molecule has 0 atom stereocenters. The first-order valence-corrected chi connectivity index (χ1v) is 9.28. The van der Waals surface area contributed by atoms with Crippen LogP contribution in [-0.4, -0.2) is 19.4 Å². The quantitative estimate of drug-likeness (QED) is 0.341. The van der Waals surface area contributed by atoms with Crippen LogP contribution >= 0.6 is 0 Å². The maximum atomic E-state index is 14.9. The van der Waals surface area contributed by atoms with Gasteiger partial charge in [-0.1, -0.05) is 18.2 Å². The van der Waals surface area contributed by atoms with E-state index in [1.165, 1.54) is 44.5 Å². The van der Waals surface area contributed by atoms with E-state index in [4.69, 9.17) is 4.74 Å². The summed E-state index contributed by atoms with van der Waals surface area (Å²) >= 11 is 0. The molecule has 1 amide bonds. The number of hydrogen-bond acceptors (Lipinski definition) is 4. The standard InChI is InChI=1S/C22H18F4N2O4/c1-13-5-6-15(10-14-7-8-17(11-18(14)31-2)32-22(24,25)26)19(20(13)23)21(29)27-16-4-3-9-28(30)12-16/h3-9,11-12H,10H2,1-2H3,(H,27,29). The molecular formula is C22H18F4N2O4. The van der Waals surface area contributed by atoms with Crippen molar-refractivity contribution in [1.82, 2.24) is 0 Å². The Bertz CT molecular complexity index is 1150. The number of pyridine rings is 1. The van der Waals surface area contributed by atoms with E-state index in [-0.39, 0.29) is 34.5 Å². The SMILES string of the molecule is COc1cc(OC(F)(F)F)ccc1Cc1ccc(C)c(F)c1C(=O)Nc1ccc[n+]([O-])c1. The van der Waals surface area contributed by atoms with E-state index in [2.05, 4.69) is 10.1 Å². The summed E-state index contributed by atoms with van der Waals surface area (Å²) in [6.07, 6.45) is -2.52. The van der Waals surface area contributed by atoms with E-state index in [1.54, 1.807) is 6.07 Å². The minimum Gasteiger partial charge on any atom is -0.619 e. The van der Waals surface area contributed by atoms with E-state index in [0.717, 1.165) is 18.3 Å². The van der Waals surface area contributed by atoms with Crippen molar-refractivity contribution in [2.24, 2.45) is 0 Å². The zero-order valence-electron chi connectivity index (χ0n) is 17.0. The highest BCUT2D eigenvalue weighted by Crippen LogP contribution is 2.31. The summed E-state index contributed by atoms with van der Waals surface area (Å²) < 4.78 is 61.9. The smallest absolute Gasteiger partial charge is 0.573 e. The number of rotatable bonds is 6. The van der Waals surface area contributed by atoms with Crippen LogP contribution in [0.1, 0.15) is 27.0 Å². The average molecular weight is 450 g/mol. The molecule has 0 aliphatic rings. The maximum Gasteiger partial charge on any atom is 0.573 e. The van der Waals surface area contributed by atoms with Gasteiger partial charge in [-0.2, -0.15) is 4.73 Å². The molecule has 168 valence electrons. The highest BCUT2D eigenvalue weighted by Gasteiger charge is 2.31. The van der Waals surface area contributed by atoms with Crippen LogP contribution in [0.5, 0.6) is 11.5 Å². The van der Waals surface area contributed by atoms with Crippen molar-refractivity contribution >= 4 is 11.6 Å². The number of ether oxygens (including phenoxy) is 2. The second kappa shape index (κ2) is 9.13. The molecule has 0 saturated carbocycles. The van der Waals surface area contributed by atoms with Gasteiger partial charge in [0, 0.05) is 18.6 Å². The lowest BCUT2D eigenvalue weighted by atomic mass is 9.96. The van der Waals surface area contributed by atoms with E-state index >= 15 is 0 Å². The van der Waals surface area contributed by atoms with Gasteiger partial charge in [-0.05, 0) is 35.7 Å². The number of nitrogens with zero attached hydrogens (tertiary/aromatic N) is 1. The van der Waals surface area contributed by atoms with Gasteiger partial charge in [0.2, 0.25) is 6.20 Å². The molecule has 10 heteroatoms. The summed E-state index contributed by atoms with van der Waals surface area (Å²) in [6, 6.07) is 9.44. The third-order valence-corrected chi connectivity index (χ3v) is 4.55. The highest BCUT2D eigenvalue weighted by molar-refractivity contribution is 6.05. The van der Waals surface area contributed by atoms with Gasteiger partial charge in [0.15, 0.2) is 6.20 Å². The van der Waals surface area contributed by atoms with Gasteiger partial charge in [-0.25, -0.2) is 4.39 Å². The number of anilines is 1. The Morgan fingerprint density at radius 2 is 1.88 bits per heavy atom. The van der Waals surface area contributed by atoms with E-state index in [9.17, 15) is 27.6 Å². The first kappa shape index (κ1) is 22.9. The van der Waals surface area contributed by atoms with Crippen LogP contribution in [0.2, 0.25) is 0 Å². The number of halogens is 4. The zero-order valence-corrected chi connectivity index (χ0v) is 17.0. The predicted molar refractivity (Wildman–Crippen MR) is 107 cm³/mol. The summed E-state index contributed by atoms with van der Waals surface area (Å²) in [5.74, 6) is -1.92. The average Bonchev–Trinajstić information content (AvgIpc) is 2.70. The van der Waals surface area contributed by atoms with E-state index in [0.29, 0.717) is 10.3 Å². The number of carbonyl (C=O) groups is 1. The van der Waals surface area contributed by atoms with Crippen molar-refractivity contribution in [3.63, 3.8) is 0 Å². The first-order valence-electron chi connectivity index (χ1n) is 9.28. The van der Waals surface area contributed by atoms with Crippen molar-refractivity contribution in [3.05, 3.63) is 88.1 Å². The molecule has 32 heavy (non-hydrogen) atoms. The van der Waals surface area contributed by atoms with Gasteiger partial charge in [-0.15, -0.1) is 13.2 Å². The van der Waals surface area contributed by atoms with Gasteiger partial charge in [-0.3, -0.25) is 4.79 Å². The molecule has 1 N–H and O–H groups in total. The summed E-state index contributed by atoms with van der Waals surface area (Å²) in [5, 5.41) is 13.9. The topological polar surface area (TPSA) is 74.5 Å². The molecule has 0 aliphatic carbocycles. The number of hydrogen-bond donors (Lipinski definition) is 1. The van der Waals surface area contributed by atoms with Crippen LogP contribution < -0.4 is 19.5 Å². The van der Waals surface area contributed by atoms with Crippen molar-refractivity contribution in [3.8, 4) is 11.5 Å². The molecule has 0 aliphatic heterocycles. The fraction of sp³-hybridized carbons (Fsp3) is 0.182. The number of carbonyl (C=O) groups excluding carboxylic acids is 1. The summed E-state index contributed by atoms with van der Waals surface area (Å²) in [5.41, 5.74) is 0.845. The van der Waals surface area contributed by atoms with Crippen molar-refractivity contribution < 1.29 is 36.6 Å². The van der Waals surface area contributed by atoms with Gasteiger partial charge in [0.05, 0.1) is 12.7 Å². The Labute approximate surface area is 180 Å². The third-order valence-electron chi connectivity index (χ3n) is 4.55. The predicted octanol–water partition coefficient (Wildman–Crippen LogP) is 4.52.